The Hall–Kier alpha value is -0.240. The van der Waals surface area contributed by atoms with E-state index < -0.39 is 28.7 Å². The van der Waals surface area contributed by atoms with Crippen LogP contribution in [-0.2, 0) is 0 Å². The van der Waals surface area contributed by atoms with Crippen LogP contribution in [-0.4, -0.2) is 53.9 Å². The van der Waals surface area contributed by atoms with E-state index >= 15 is 0 Å². The highest BCUT2D eigenvalue weighted by Gasteiger charge is 2.72. The van der Waals surface area contributed by atoms with Crippen molar-refractivity contribution in [3.63, 3.8) is 0 Å². The first-order valence-electron chi connectivity index (χ1n) is 7.78. The van der Waals surface area contributed by atoms with Crippen molar-refractivity contribution in [1.82, 2.24) is 0 Å². The monoisotopic (exact) mass is 304 g/mol. The Morgan fingerprint density at radius 1 is 0.857 bits per heavy atom. The topological polar surface area (TPSA) is 121 Å². The maximum Gasteiger partial charge on any atom is 0.251 e. The van der Waals surface area contributed by atoms with Crippen LogP contribution < -0.4 is 0 Å². The van der Waals surface area contributed by atoms with Crippen molar-refractivity contribution in [1.29, 1.82) is 0 Å². The zero-order valence-corrected chi connectivity index (χ0v) is 12.8. The molecule has 2 rings (SSSR count). The molecule has 0 spiro atoms. The van der Waals surface area contributed by atoms with E-state index in [9.17, 15) is 30.6 Å². The van der Waals surface area contributed by atoms with Gasteiger partial charge in [0.1, 0.15) is 11.7 Å². The van der Waals surface area contributed by atoms with Crippen molar-refractivity contribution in [2.75, 3.05) is 0 Å². The van der Waals surface area contributed by atoms with E-state index in [1.54, 1.807) is 13.8 Å². The molecule has 0 saturated heterocycles. The standard InChI is InChI=1S/C15H28O6/c1-12(2,10-6-4-3-5-7-10)13(17)9-8-11(16)14(18,19)15(13,20)21/h10-11,16-21H,3-9H2,1-2H3. The van der Waals surface area contributed by atoms with Gasteiger partial charge in [0.2, 0.25) is 5.79 Å². The molecule has 0 aromatic carbocycles. The summed E-state index contributed by atoms with van der Waals surface area (Å²) < 4.78 is 0. The van der Waals surface area contributed by atoms with Crippen molar-refractivity contribution in [3.8, 4) is 0 Å². The Kier molecular flexibility index (Phi) is 4.20. The lowest BCUT2D eigenvalue weighted by Crippen LogP contribution is -2.79. The van der Waals surface area contributed by atoms with Crippen molar-refractivity contribution < 1.29 is 30.6 Å². The molecule has 2 atom stereocenters. The zero-order valence-electron chi connectivity index (χ0n) is 12.8. The quantitative estimate of drug-likeness (QED) is 0.394. The SMILES string of the molecule is CC(C)(C1CCCCC1)C1(O)CCC(O)C(O)(O)C1(O)O. The number of aliphatic hydroxyl groups excluding tert-OH is 1. The van der Waals surface area contributed by atoms with Crippen LogP contribution in [0, 0.1) is 11.3 Å². The van der Waals surface area contributed by atoms with Gasteiger partial charge in [0.25, 0.3) is 5.79 Å². The van der Waals surface area contributed by atoms with Gasteiger partial charge in [-0.1, -0.05) is 33.1 Å². The molecule has 6 heteroatoms. The molecule has 21 heavy (non-hydrogen) atoms. The molecular formula is C15H28O6. The molecule has 0 amide bonds. The lowest BCUT2D eigenvalue weighted by molar-refractivity contribution is -0.461. The van der Waals surface area contributed by atoms with E-state index in [1.165, 1.54) is 0 Å². The van der Waals surface area contributed by atoms with Crippen LogP contribution in [0.15, 0.2) is 0 Å². The molecule has 2 saturated carbocycles. The predicted octanol–water partition coefficient (Wildman–Crippen LogP) is -0.160. The maximum atomic E-state index is 11.0. The summed E-state index contributed by atoms with van der Waals surface area (Å²) in [5.41, 5.74) is -3.03. The second-order valence-corrected chi connectivity index (χ2v) is 7.37. The molecule has 6 nitrogen and oxygen atoms in total. The van der Waals surface area contributed by atoms with E-state index in [0.29, 0.717) is 0 Å². The summed E-state index contributed by atoms with van der Waals surface area (Å²) in [7, 11) is 0. The molecule has 2 aliphatic carbocycles. The van der Waals surface area contributed by atoms with Gasteiger partial charge >= 0.3 is 0 Å². The van der Waals surface area contributed by atoms with Crippen LogP contribution in [0.1, 0.15) is 58.8 Å². The van der Waals surface area contributed by atoms with Crippen LogP contribution in [0.25, 0.3) is 0 Å². The first kappa shape index (κ1) is 17.1. The Morgan fingerprint density at radius 2 is 1.38 bits per heavy atom. The molecule has 2 fully saturated rings. The average molecular weight is 304 g/mol. The minimum atomic E-state index is -3.20. The molecule has 2 aliphatic rings. The van der Waals surface area contributed by atoms with Gasteiger partial charge in [-0.3, -0.25) is 0 Å². The minimum absolute atomic E-state index is 0.0565. The molecule has 0 aromatic rings. The Labute approximate surface area is 125 Å². The fourth-order valence-electron chi connectivity index (χ4n) is 4.19. The fourth-order valence-corrected chi connectivity index (χ4v) is 4.19. The van der Waals surface area contributed by atoms with E-state index in [2.05, 4.69) is 0 Å². The van der Waals surface area contributed by atoms with Crippen LogP contribution in [0.4, 0.5) is 0 Å². The molecule has 124 valence electrons. The smallest absolute Gasteiger partial charge is 0.251 e. The lowest BCUT2D eigenvalue weighted by atomic mass is 9.54. The highest BCUT2D eigenvalue weighted by molar-refractivity contribution is 5.14. The third-order valence-electron chi connectivity index (χ3n) is 6.03. The number of hydrogen-bond donors (Lipinski definition) is 6. The van der Waals surface area contributed by atoms with Gasteiger partial charge < -0.3 is 30.6 Å². The van der Waals surface area contributed by atoms with E-state index in [-0.39, 0.29) is 18.8 Å². The minimum Gasteiger partial charge on any atom is -0.387 e. The number of hydrogen-bond acceptors (Lipinski definition) is 6. The van der Waals surface area contributed by atoms with E-state index in [1.807, 2.05) is 0 Å². The summed E-state index contributed by atoms with van der Waals surface area (Å²) in [6.07, 6.45) is 2.94. The van der Waals surface area contributed by atoms with Crippen LogP contribution in [0.3, 0.4) is 0 Å². The van der Waals surface area contributed by atoms with Crippen molar-refractivity contribution in [2.45, 2.75) is 82.1 Å². The Morgan fingerprint density at radius 3 is 1.90 bits per heavy atom. The predicted molar refractivity (Wildman–Crippen MR) is 74.9 cm³/mol. The molecule has 6 N–H and O–H groups in total. The van der Waals surface area contributed by atoms with Crippen LogP contribution >= 0.6 is 0 Å². The van der Waals surface area contributed by atoms with Gasteiger partial charge in [-0.25, -0.2) is 0 Å². The molecule has 0 heterocycles. The van der Waals surface area contributed by atoms with Crippen molar-refractivity contribution in [2.24, 2.45) is 11.3 Å². The first-order valence-corrected chi connectivity index (χ1v) is 7.78. The van der Waals surface area contributed by atoms with Crippen molar-refractivity contribution in [3.05, 3.63) is 0 Å². The molecule has 0 aliphatic heterocycles. The summed E-state index contributed by atoms with van der Waals surface area (Å²) in [5.74, 6) is -6.30. The number of aliphatic hydroxyl groups is 6. The first-order chi connectivity index (χ1) is 9.48. The van der Waals surface area contributed by atoms with E-state index in [0.717, 1.165) is 32.1 Å². The van der Waals surface area contributed by atoms with E-state index in [4.69, 9.17) is 0 Å². The Balaban J connectivity index is 2.39. The third-order valence-corrected chi connectivity index (χ3v) is 6.03. The van der Waals surface area contributed by atoms with Gasteiger partial charge in [0.15, 0.2) is 0 Å². The summed E-state index contributed by atoms with van der Waals surface area (Å²) in [6, 6.07) is 0. The van der Waals surface area contributed by atoms with Crippen LogP contribution in [0.2, 0.25) is 0 Å². The molecular weight excluding hydrogens is 276 g/mol. The second-order valence-electron chi connectivity index (χ2n) is 7.37. The number of rotatable bonds is 2. The van der Waals surface area contributed by atoms with Gasteiger partial charge in [-0.15, -0.1) is 0 Å². The van der Waals surface area contributed by atoms with Gasteiger partial charge in [0.05, 0.1) is 0 Å². The molecule has 0 aromatic heterocycles. The maximum absolute atomic E-state index is 11.0. The molecule has 2 unspecified atom stereocenters. The summed E-state index contributed by atoms with van der Waals surface area (Å²) in [4.78, 5) is 0. The fraction of sp³-hybridized carbons (Fsp3) is 1.00. The molecule has 0 bridgehead atoms. The van der Waals surface area contributed by atoms with Gasteiger partial charge in [0, 0.05) is 5.41 Å². The van der Waals surface area contributed by atoms with Gasteiger partial charge in [-0.05, 0) is 31.6 Å². The van der Waals surface area contributed by atoms with Crippen molar-refractivity contribution >= 4 is 0 Å². The summed E-state index contributed by atoms with van der Waals surface area (Å²) in [5, 5.41) is 61.1. The lowest BCUT2D eigenvalue weighted by Gasteiger charge is -2.59. The van der Waals surface area contributed by atoms with Crippen LogP contribution in [0.5, 0.6) is 0 Å². The third kappa shape index (κ3) is 2.24. The van der Waals surface area contributed by atoms with Gasteiger partial charge in [-0.2, -0.15) is 0 Å². The summed E-state index contributed by atoms with van der Waals surface area (Å²) in [6.45, 7) is 3.47. The summed E-state index contributed by atoms with van der Waals surface area (Å²) >= 11 is 0. The highest BCUT2D eigenvalue weighted by atomic mass is 16.6. The normalized spacial score (nSPS) is 37.4. The second kappa shape index (κ2) is 5.15. The largest absolute Gasteiger partial charge is 0.387 e. The zero-order chi connectivity index (χ0) is 16.1. The molecule has 0 radical (unpaired) electrons. The average Bonchev–Trinajstić information content (AvgIpc) is 2.43. The highest BCUT2D eigenvalue weighted by Crippen LogP contribution is 2.55. The Bertz CT molecular complexity index is 386.